The summed E-state index contributed by atoms with van der Waals surface area (Å²) in [7, 11) is 0. The molecule has 2 N–H and O–H groups in total. The molecule has 3 rings (SSSR count). The summed E-state index contributed by atoms with van der Waals surface area (Å²) >= 11 is 0. The molecule has 1 fully saturated rings. The van der Waals surface area contributed by atoms with Crippen molar-refractivity contribution in [3.63, 3.8) is 0 Å². The molecule has 1 saturated heterocycles. The monoisotopic (exact) mass is 364 g/mol. The third-order valence-corrected chi connectivity index (χ3v) is 4.67. The van der Waals surface area contributed by atoms with Crippen LogP contribution in [0.15, 0.2) is 29.1 Å². The lowest BCUT2D eigenvalue weighted by Gasteiger charge is -2.21. The number of nitrogens with one attached hydrogen (secondary N) is 2. The van der Waals surface area contributed by atoms with Gasteiger partial charge in [-0.1, -0.05) is 12.1 Å². The van der Waals surface area contributed by atoms with E-state index in [4.69, 9.17) is 0 Å². The Morgan fingerprint density at radius 3 is 2.88 bits per heavy atom. The van der Waals surface area contributed by atoms with Gasteiger partial charge in [-0.2, -0.15) is 0 Å². The van der Waals surface area contributed by atoms with Gasteiger partial charge in [0.1, 0.15) is 5.82 Å². The van der Waals surface area contributed by atoms with E-state index in [0.29, 0.717) is 42.2 Å². The predicted molar refractivity (Wildman–Crippen MR) is 101 cm³/mol. The van der Waals surface area contributed by atoms with Crippen molar-refractivity contribution >= 4 is 29.2 Å². The lowest BCUT2D eigenvalue weighted by atomic mass is 10.0. The van der Waals surface area contributed by atoms with Crippen molar-refractivity contribution in [2.24, 2.45) is 5.92 Å². The van der Waals surface area contributed by atoms with E-state index >= 15 is 0 Å². The highest BCUT2D eigenvalue weighted by Crippen LogP contribution is 2.16. The number of nitrogens with zero attached hydrogens (tertiary/aromatic N) is 2. The highest BCUT2D eigenvalue weighted by atomic mass is 35.5. The molecule has 0 spiro atoms. The topological polar surface area (TPSA) is 78.1 Å². The van der Waals surface area contributed by atoms with Gasteiger partial charge in [-0.05, 0) is 50.9 Å². The molecule has 1 aromatic carbocycles. The lowest BCUT2D eigenvalue weighted by molar-refractivity contribution is -0.132. The number of aromatic nitrogens is 2. The number of benzene rings is 1. The highest BCUT2D eigenvalue weighted by molar-refractivity contribution is 5.85. The van der Waals surface area contributed by atoms with Gasteiger partial charge >= 0.3 is 0 Å². The molecule has 0 aliphatic carbocycles. The van der Waals surface area contributed by atoms with E-state index < -0.39 is 0 Å². The van der Waals surface area contributed by atoms with Gasteiger partial charge in [0, 0.05) is 13.0 Å². The van der Waals surface area contributed by atoms with Crippen molar-refractivity contribution in [3.8, 4) is 0 Å². The molecule has 25 heavy (non-hydrogen) atoms. The fourth-order valence-electron chi connectivity index (χ4n) is 3.21. The lowest BCUT2D eigenvalue weighted by Crippen LogP contribution is -2.32. The van der Waals surface area contributed by atoms with Crippen molar-refractivity contribution in [1.29, 1.82) is 0 Å². The van der Waals surface area contributed by atoms with Gasteiger partial charge in [0.2, 0.25) is 5.91 Å². The smallest absolute Gasteiger partial charge is 0.258 e. The van der Waals surface area contributed by atoms with Crippen LogP contribution in [-0.2, 0) is 11.3 Å². The van der Waals surface area contributed by atoms with Crippen molar-refractivity contribution in [1.82, 2.24) is 20.2 Å². The van der Waals surface area contributed by atoms with E-state index in [0.717, 1.165) is 25.9 Å². The zero-order valence-electron chi connectivity index (χ0n) is 14.5. The van der Waals surface area contributed by atoms with Crippen molar-refractivity contribution in [3.05, 3.63) is 40.4 Å². The molecule has 2 heterocycles. The van der Waals surface area contributed by atoms with Crippen LogP contribution < -0.4 is 10.9 Å². The van der Waals surface area contributed by atoms with Gasteiger partial charge in [0.05, 0.1) is 17.4 Å². The second-order valence-corrected chi connectivity index (χ2v) is 6.34. The van der Waals surface area contributed by atoms with Gasteiger partial charge < -0.3 is 15.2 Å². The number of hydrogen-bond donors (Lipinski definition) is 2. The van der Waals surface area contributed by atoms with Crippen LogP contribution in [-0.4, -0.2) is 40.4 Å². The Balaban J connectivity index is 0.00000225. The molecule has 0 radical (unpaired) electrons. The summed E-state index contributed by atoms with van der Waals surface area (Å²) in [5.74, 6) is 1.27. The first-order valence-corrected chi connectivity index (χ1v) is 8.63. The van der Waals surface area contributed by atoms with E-state index in [1.165, 1.54) is 0 Å². The highest BCUT2D eigenvalue weighted by Gasteiger charge is 2.19. The Morgan fingerprint density at radius 1 is 1.36 bits per heavy atom. The minimum atomic E-state index is -0.156. The molecule has 1 amide bonds. The number of carbonyl (C=O) groups is 1. The van der Waals surface area contributed by atoms with E-state index in [1.54, 1.807) is 11.0 Å². The number of hydrogen-bond acceptors (Lipinski definition) is 4. The number of carbonyl (C=O) groups excluding carboxylic acids is 1. The van der Waals surface area contributed by atoms with E-state index in [1.807, 2.05) is 25.1 Å². The van der Waals surface area contributed by atoms with Gasteiger partial charge in [-0.3, -0.25) is 9.59 Å². The van der Waals surface area contributed by atoms with Crippen LogP contribution in [0.25, 0.3) is 10.9 Å². The van der Waals surface area contributed by atoms with Crippen LogP contribution >= 0.6 is 12.4 Å². The van der Waals surface area contributed by atoms with Crippen LogP contribution in [0.5, 0.6) is 0 Å². The van der Waals surface area contributed by atoms with Crippen LogP contribution in [0.4, 0.5) is 0 Å². The second-order valence-electron chi connectivity index (χ2n) is 6.34. The molecule has 1 aliphatic rings. The maximum atomic E-state index is 12.5. The third-order valence-electron chi connectivity index (χ3n) is 4.67. The minimum absolute atomic E-state index is 0. The fourth-order valence-corrected chi connectivity index (χ4v) is 3.21. The Labute approximate surface area is 153 Å². The number of halogens is 1. The first kappa shape index (κ1) is 19.4. The molecule has 0 saturated carbocycles. The number of para-hydroxylation sites is 1. The normalized spacial score (nSPS) is 16.6. The molecular weight excluding hydrogens is 340 g/mol. The Bertz CT molecular complexity index is 771. The number of amides is 1. The fraction of sp³-hybridized carbons (Fsp3) is 0.500. The zero-order valence-corrected chi connectivity index (χ0v) is 15.3. The third kappa shape index (κ3) is 4.80. The average molecular weight is 365 g/mol. The summed E-state index contributed by atoms with van der Waals surface area (Å²) in [6, 6.07) is 7.25. The molecule has 1 atom stereocenters. The zero-order chi connectivity index (χ0) is 16.9. The van der Waals surface area contributed by atoms with Gasteiger partial charge in [0.25, 0.3) is 5.56 Å². The first-order valence-electron chi connectivity index (χ1n) is 8.63. The summed E-state index contributed by atoms with van der Waals surface area (Å²) in [6.07, 6.45) is 2.63. The van der Waals surface area contributed by atoms with Gasteiger partial charge in [-0.15, -0.1) is 12.4 Å². The molecular formula is C18H25ClN4O2. The molecule has 1 aromatic heterocycles. The molecule has 1 aliphatic heterocycles. The van der Waals surface area contributed by atoms with Crippen molar-refractivity contribution in [2.75, 3.05) is 19.6 Å². The second kappa shape index (κ2) is 8.97. The van der Waals surface area contributed by atoms with Gasteiger partial charge in [-0.25, -0.2) is 4.98 Å². The van der Waals surface area contributed by atoms with Gasteiger partial charge in [0.15, 0.2) is 0 Å². The van der Waals surface area contributed by atoms with Crippen molar-refractivity contribution in [2.45, 2.75) is 32.7 Å². The molecule has 0 bridgehead atoms. The number of aromatic amines is 1. The Morgan fingerprint density at radius 2 is 2.16 bits per heavy atom. The van der Waals surface area contributed by atoms with Crippen LogP contribution in [0.2, 0.25) is 0 Å². The van der Waals surface area contributed by atoms with E-state index in [2.05, 4.69) is 15.3 Å². The minimum Gasteiger partial charge on any atom is -0.336 e. The predicted octanol–water partition coefficient (Wildman–Crippen LogP) is 2.08. The SMILES string of the molecule is CCN(Cc1nc2ccccc2c(=O)[nH]1)C(=O)CCC1CCNC1.Cl. The standard InChI is InChI=1S/C18H24N4O2.ClH/c1-2-22(17(23)8-7-13-9-10-19-11-13)12-16-20-15-6-4-3-5-14(15)18(24)21-16;/h3-6,13,19H,2,7-12H2,1H3,(H,20,21,24);1H. The molecule has 1 unspecified atom stereocenters. The van der Waals surface area contributed by atoms with Crippen LogP contribution in [0.3, 0.4) is 0 Å². The maximum Gasteiger partial charge on any atom is 0.258 e. The molecule has 2 aromatic rings. The summed E-state index contributed by atoms with van der Waals surface area (Å²) in [4.78, 5) is 33.6. The number of fused-ring (bicyclic) bond motifs is 1. The number of H-pyrrole nitrogens is 1. The average Bonchev–Trinajstić information content (AvgIpc) is 3.11. The number of rotatable bonds is 6. The molecule has 7 heteroatoms. The largest absolute Gasteiger partial charge is 0.336 e. The summed E-state index contributed by atoms with van der Waals surface area (Å²) in [5, 5.41) is 3.90. The van der Waals surface area contributed by atoms with Crippen LogP contribution in [0.1, 0.15) is 32.0 Å². The quantitative estimate of drug-likeness (QED) is 0.822. The molecule has 6 nitrogen and oxygen atoms in total. The van der Waals surface area contributed by atoms with Crippen molar-refractivity contribution < 1.29 is 4.79 Å². The summed E-state index contributed by atoms with van der Waals surface area (Å²) in [6.45, 7) is 4.97. The maximum absolute atomic E-state index is 12.5. The van der Waals surface area contributed by atoms with E-state index in [-0.39, 0.29) is 23.9 Å². The van der Waals surface area contributed by atoms with E-state index in [9.17, 15) is 9.59 Å². The first-order chi connectivity index (χ1) is 11.7. The summed E-state index contributed by atoms with van der Waals surface area (Å²) in [5.41, 5.74) is 0.507. The summed E-state index contributed by atoms with van der Waals surface area (Å²) < 4.78 is 0. The Hall–Kier alpha value is -1.92. The van der Waals surface area contributed by atoms with Crippen LogP contribution in [0, 0.1) is 5.92 Å². The molecule has 136 valence electrons. The Kier molecular flexibility index (Phi) is 6.96.